The minimum atomic E-state index is -1.30. The second-order valence-corrected chi connectivity index (χ2v) is 4.61. The molecule has 104 valence electrons. The van der Waals surface area contributed by atoms with Crippen molar-refractivity contribution in [2.45, 2.75) is 13.2 Å². The van der Waals surface area contributed by atoms with E-state index in [9.17, 15) is 9.18 Å². The van der Waals surface area contributed by atoms with Crippen molar-refractivity contribution in [3.8, 4) is 0 Å². The average molecular weight is 295 g/mol. The molecule has 0 aliphatic carbocycles. The number of rotatable bonds is 5. The van der Waals surface area contributed by atoms with Crippen molar-refractivity contribution < 1.29 is 19.0 Å². The van der Waals surface area contributed by atoms with Crippen molar-refractivity contribution in [2.75, 3.05) is 0 Å². The summed E-state index contributed by atoms with van der Waals surface area (Å²) < 4.78 is 18.7. The average Bonchev–Trinajstić information content (AvgIpc) is 2.42. The molecule has 0 unspecified atom stereocenters. The summed E-state index contributed by atoms with van der Waals surface area (Å²) in [5.74, 6) is -2.05. The van der Waals surface area contributed by atoms with Crippen LogP contribution in [0.1, 0.15) is 21.5 Å². The Kier molecular flexibility index (Phi) is 4.71. The van der Waals surface area contributed by atoms with Gasteiger partial charge in [0.2, 0.25) is 0 Å². The molecule has 0 fully saturated rings. The lowest BCUT2D eigenvalue weighted by Gasteiger charge is -2.07. The molecular weight excluding hydrogens is 283 g/mol. The van der Waals surface area contributed by atoms with E-state index in [1.807, 2.05) is 18.2 Å². The molecule has 0 bridgehead atoms. The number of carbonyl (C=O) groups is 1. The lowest BCUT2D eigenvalue weighted by molar-refractivity contribution is 0.0691. The minimum Gasteiger partial charge on any atom is -0.478 e. The molecule has 0 atom stereocenters. The molecule has 0 aromatic heterocycles. The Balaban J connectivity index is 2.00. The van der Waals surface area contributed by atoms with Crippen molar-refractivity contribution in [1.29, 1.82) is 0 Å². The Morgan fingerprint density at radius 3 is 2.65 bits per heavy atom. The number of carboxylic acid groups (broad SMARTS) is 1. The highest BCUT2D eigenvalue weighted by atomic mass is 35.5. The Labute approximate surface area is 120 Å². The highest BCUT2D eigenvalue weighted by Crippen LogP contribution is 2.17. The largest absolute Gasteiger partial charge is 0.478 e. The predicted molar refractivity (Wildman–Crippen MR) is 73.3 cm³/mol. The number of ether oxygens (including phenoxy) is 1. The highest BCUT2D eigenvalue weighted by molar-refractivity contribution is 6.31. The summed E-state index contributed by atoms with van der Waals surface area (Å²) in [5, 5.41) is 9.44. The second kappa shape index (κ2) is 6.50. The van der Waals surface area contributed by atoms with Gasteiger partial charge < -0.3 is 9.84 Å². The van der Waals surface area contributed by atoms with Gasteiger partial charge in [-0.05, 0) is 29.3 Å². The maximum absolute atomic E-state index is 13.2. The van der Waals surface area contributed by atoms with Gasteiger partial charge >= 0.3 is 5.97 Å². The summed E-state index contributed by atoms with van der Waals surface area (Å²) in [5.41, 5.74) is 1.08. The van der Waals surface area contributed by atoms with E-state index in [0.717, 1.165) is 11.6 Å². The lowest BCUT2D eigenvalue weighted by atomic mass is 10.1. The molecule has 1 N–H and O–H groups in total. The van der Waals surface area contributed by atoms with Crippen molar-refractivity contribution >= 4 is 17.6 Å². The predicted octanol–water partition coefficient (Wildman–Crippen LogP) is 3.89. The summed E-state index contributed by atoms with van der Waals surface area (Å²) in [6.45, 7) is 0.491. The fourth-order valence-corrected chi connectivity index (χ4v) is 1.91. The minimum absolute atomic E-state index is 0.186. The molecule has 0 heterocycles. The van der Waals surface area contributed by atoms with Crippen LogP contribution in [0.4, 0.5) is 4.39 Å². The highest BCUT2D eigenvalue weighted by Gasteiger charge is 2.10. The molecule has 0 aliphatic heterocycles. The van der Waals surface area contributed by atoms with Gasteiger partial charge in [-0.15, -0.1) is 0 Å². The lowest BCUT2D eigenvalue weighted by Crippen LogP contribution is -2.03. The van der Waals surface area contributed by atoms with Gasteiger partial charge in [-0.3, -0.25) is 0 Å². The smallest absolute Gasteiger partial charge is 0.338 e. The van der Waals surface area contributed by atoms with Gasteiger partial charge in [-0.1, -0.05) is 35.9 Å². The van der Waals surface area contributed by atoms with Crippen LogP contribution in [0.25, 0.3) is 0 Å². The zero-order valence-corrected chi connectivity index (χ0v) is 11.2. The number of aromatic carboxylic acids is 1. The second-order valence-electron chi connectivity index (χ2n) is 4.20. The van der Waals surface area contributed by atoms with Gasteiger partial charge in [-0.25, -0.2) is 9.18 Å². The summed E-state index contributed by atoms with van der Waals surface area (Å²) >= 11 is 5.99. The summed E-state index contributed by atoms with van der Waals surface area (Å²) in [6.07, 6.45) is 0. The van der Waals surface area contributed by atoms with E-state index in [1.165, 1.54) is 12.1 Å². The molecule has 0 saturated heterocycles. The van der Waals surface area contributed by atoms with Crippen LogP contribution >= 0.6 is 11.6 Å². The van der Waals surface area contributed by atoms with Crippen LogP contribution in [0.3, 0.4) is 0 Å². The molecule has 0 saturated carbocycles. The zero-order chi connectivity index (χ0) is 14.5. The number of carboxylic acids is 1. The van der Waals surface area contributed by atoms with Crippen LogP contribution in [0.15, 0.2) is 42.5 Å². The first-order valence-corrected chi connectivity index (χ1v) is 6.28. The van der Waals surface area contributed by atoms with E-state index < -0.39 is 11.8 Å². The number of hydrogen-bond donors (Lipinski definition) is 1. The molecule has 2 rings (SSSR count). The summed E-state index contributed by atoms with van der Waals surface area (Å²) in [6, 6.07) is 11.2. The third-order valence-corrected chi connectivity index (χ3v) is 3.11. The molecule has 0 radical (unpaired) electrons. The SMILES string of the molecule is O=C(O)c1cc(COCc2ccccc2Cl)ccc1F. The number of halogens is 2. The fourth-order valence-electron chi connectivity index (χ4n) is 1.72. The van der Waals surface area contributed by atoms with Crippen molar-refractivity contribution in [3.05, 3.63) is 70.0 Å². The first-order valence-electron chi connectivity index (χ1n) is 5.91. The number of hydrogen-bond acceptors (Lipinski definition) is 2. The van der Waals surface area contributed by atoms with Gasteiger partial charge in [0.1, 0.15) is 5.82 Å². The van der Waals surface area contributed by atoms with Gasteiger partial charge in [-0.2, -0.15) is 0 Å². The molecule has 0 amide bonds. The molecule has 0 aliphatic rings. The topological polar surface area (TPSA) is 46.5 Å². The van der Waals surface area contributed by atoms with E-state index in [1.54, 1.807) is 6.07 Å². The molecular formula is C15H12ClFO3. The van der Waals surface area contributed by atoms with E-state index in [-0.39, 0.29) is 12.2 Å². The normalized spacial score (nSPS) is 10.5. The fraction of sp³-hybridized carbons (Fsp3) is 0.133. The van der Waals surface area contributed by atoms with Gasteiger partial charge in [0.25, 0.3) is 0 Å². The first-order chi connectivity index (χ1) is 9.58. The molecule has 5 heteroatoms. The Morgan fingerprint density at radius 1 is 1.20 bits per heavy atom. The molecule has 20 heavy (non-hydrogen) atoms. The van der Waals surface area contributed by atoms with Crippen LogP contribution in [-0.4, -0.2) is 11.1 Å². The van der Waals surface area contributed by atoms with E-state index >= 15 is 0 Å². The Hall–Kier alpha value is -1.91. The quantitative estimate of drug-likeness (QED) is 0.910. The third-order valence-electron chi connectivity index (χ3n) is 2.75. The maximum Gasteiger partial charge on any atom is 0.338 e. The van der Waals surface area contributed by atoms with Crippen LogP contribution in [0.5, 0.6) is 0 Å². The van der Waals surface area contributed by atoms with Gasteiger partial charge in [0.05, 0.1) is 18.8 Å². The first kappa shape index (κ1) is 14.5. The van der Waals surface area contributed by atoms with E-state index in [2.05, 4.69) is 0 Å². The van der Waals surface area contributed by atoms with E-state index in [4.69, 9.17) is 21.4 Å². The van der Waals surface area contributed by atoms with Crippen molar-refractivity contribution in [1.82, 2.24) is 0 Å². The number of benzene rings is 2. The van der Waals surface area contributed by atoms with Crippen molar-refractivity contribution in [3.63, 3.8) is 0 Å². The summed E-state index contributed by atoms with van der Waals surface area (Å²) in [7, 11) is 0. The molecule has 2 aromatic carbocycles. The maximum atomic E-state index is 13.2. The standard InChI is InChI=1S/C15H12ClFO3/c16-13-4-2-1-3-11(13)9-20-8-10-5-6-14(17)12(7-10)15(18)19/h1-7H,8-9H2,(H,18,19). The molecule has 2 aromatic rings. The van der Waals surface area contributed by atoms with Crippen LogP contribution < -0.4 is 0 Å². The zero-order valence-electron chi connectivity index (χ0n) is 10.5. The Morgan fingerprint density at radius 2 is 1.95 bits per heavy atom. The van der Waals surface area contributed by atoms with Crippen LogP contribution in [0.2, 0.25) is 5.02 Å². The molecule has 0 spiro atoms. The third kappa shape index (κ3) is 3.56. The van der Waals surface area contributed by atoms with Crippen LogP contribution in [0, 0.1) is 5.82 Å². The summed E-state index contributed by atoms with van der Waals surface area (Å²) in [4.78, 5) is 10.8. The van der Waals surface area contributed by atoms with Crippen LogP contribution in [-0.2, 0) is 18.0 Å². The van der Waals surface area contributed by atoms with E-state index in [0.29, 0.717) is 17.2 Å². The monoisotopic (exact) mass is 294 g/mol. The Bertz CT molecular complexity index is 628. The van der Waals surface area contributed by atoms with Crippen molar-refractivity contribution in [2.24, 2.45) is 0 Å². The van der Waals surface area contributed by atoms with Gasteiger partial charge in [0, 0.05) is 5.02 Å². The van der Waals surface area contributed by atoms with Gasteiger partial charge in [0.15, 0.2) is 0 Å². The molecule has 3 nitrogen and oxygen atoms in total.